The van der Waals surface area contributed by atoms with Gasteiger partial charge in [-0.05, 0) is 146 Å². The molecule has 0 aliphatic rings. The van der Waals surface area contributed by atoms with Gasteiger partial charge in [-0.2, -0.15) is 0 Å². The number of hydrogen-bond acceptors (Lipinski definition) is 8. The Bertz CT molecular complexity index is 2200. The molecule has 0 spiro atoms. The van der Waals surface area contributed by atoms with E-state index in [9.17, 15) is 0 Å². The molecule has 0 radical (unpaired) electrons. The van der Waals surface area contributed by atoms with Crippen molar-refractivity contribution in [2.45, 2.75) is 219 Å². The Morgan fingerprint density at radius 2 is 0.462 bits per heavy atom. The molecule has 0 atom stereocenters. The molecular weight excluding hydrogens is 961 g/mol. The van der Waals surface area contributed by atoms with Gasteiger partial charge in [-0.15, -0.1) is 0 Å². The van der Waals surface area contributed by atoms with Crippen molar-refractivity contribution in [3.63, 3.8) is 0 Å². The molecule has 0 saturated carbocycles. The van der Waals surface area contributed by atoms with Crippen molar-refractivity contribution in [3.8, 4) is 56.9 Å². The fraction of sp³-hybridized carbons (Fsp3) is 0.543. The van der Waals surface area contributed by atoms with E-state index in [4.69, 9.17) is 18.9 Å². The van der Waals surface area contributed by atoms with E-state index in [1.165, 1.54) is 189 Å². The number of aryl methyl sites for hydroxylation is 2. The second-order valence-electron chi connectivity index (χ2n) is 21.7. The summed E-state index contributed by atoms with van der Waals surface area (Å²) in [6, 6.07) is 33.4. The zero-order valence-electron chi connectivity index (χ0n) is 48.4. The van der Waals surface area contributed by atoms with Crippen molar-refractivity contribution in [2.24, 2.45) is 0 Å². The van der Waals surface area contributed by atoms with Crippen LogP contribution in [0.4, 0.5) is 0 Å². The van der Waals surface area contributed by atoms with Crippen LogP contribution in [0.25, 0.3) is 33.9 Å². The second kappa shape index (κ2) is 39.6. The fourth-order valence-electron chi connectivity index (χ4n) is 10.0. The second-order valence-corrected chi connectivity index (χ2v) is 21.7. The summed E-state index contributed by atoms with van der Waals surface area (Å²) in [5, 5.41) is 0. The van der Waals surface area contributed by atoms with Crippen molar-refractivity contribution in [1.82, 2.24) is 19.9 Å². The van der Waals surface area contributed by atoms with Gasteiger partial charge in [0.15, 0.2) is 11.6 Å². The van der Waals surface area contributed by atoms with E-state index in [0.717, 1.165) is 111 Å². The maximum atomic E-state index is 6.09. The van der Waals surface area contributed by atoms with Gasteiger partial charge in [0.05, 0.1) is 26.4 Å². The first-order chi connectivity index (χ1) is 38.7. The van der Waals surface area contributed by atoms with Gasteiger partial charge >= 0.3 is 0 Å². The van der Waals surface area contributed by atoms with E-state index < -0.39 is 0 Å². The topological polar surface area (TPSA) is 88.5 Å². The van der Waals surface area contributed by atoms with E-state index in [-0.39, 0.29) is 0 Å². The monoisotopic (exact) mass is 1060 g/mol. The Hall–Kier alpha value is -5.76. The number of benzene rings is 4. The number of rotatable bonds is 45. The molecule has 2 heterocycles. The van der Waals surface area contributed by atoms with Crippen LogP contribution in [0.2, 0.25) is 0 Å². The van der Waals surface area contributed by atoms with E-state index in [0.29, 0.717) is 0 Å². The molecule has 8 nitrogen and oxygen atoms in total. The van der Waals surface area contributed by atoms with E-state index in [1.807, 2.05) is 49.1 Å². The third-order valence-electron chi connectivity index (χ3n) is 15.0. The maximum absolute atomic E-state index is 6.09. The summed E-state index contributed by atoms with van der Waals surface area (Å²) in [6.45, 7) is 7.61. The van der Waals surface area contributed by atoms with Crippen molar-refractivity contribution in [2.75, 3.05) is 26.4 Å². The standard InChI is InChI=1S/C70H98N4O4/c1-3-5-7-9-21-27-33-59-55-71-69(72-56-59)63-39-47-67(48-40-63)77-53-31-25-19-15-11-13-17-23-29-51-75-65-43-35-61(36-44-65)62-37-45-66(46-38-62)76-52-30-24-18-14-12-16-20-26-32-54-78-68-49-41-64(42-50-68)70-73-57-60(58-74-70)34-28-22-10-8-6-4-2/h35-50,55-58H,3-34,51-54H2,1-2H3. The lowest BCUT2D eigenvalue weighted by Crippen LogP contribution is -1.98. The van der Waals surface area contributed by atoms with Gasteiger partial charge < -0.3 is 18.9 Å². The summed E-state index contributed by atoms with van der Waals surface area (Å²) in [4.78, 5) is 18.5. The summed E-state index contributed by atoms with van der Waals surface area (Å²) in [5.74, 6) is 5.29. The predicted octanol–water partition coefficient (Wildman–Crippen LogP) is 20.0. The molecule has 2 aromatic heterocycles. The van der Waals surface area contributed by atoms with Crippen molar-refractivity contribution in [1.29, 1.82) is 0 Å². The maximum Gasteiger partial charge on any atom is 0.159 e. The average molecular weight is 1060 g/mol. The Morgan fingerprint density at radius 3 is 0.718 bits per heavy atom. The lowest BCUT2D eigenvalue weighted by atomic mass is 10.1. The fourth-order valence-corrected chi connectivity index (χ4v) is 10.0. The highest BCUT2D eigenvalue weighted by molar-refractivity contribution is 5.65. The lowest BCUT2D eigenvalue weighted by molar-refractivity contribution is 0.302. The Morgan fingerprint density at radius 1 is 0.244 bits per heavy atom. The minimum Gasteiger partial charge on any atom is -0.494 e. The molecular formula is C70H98N4O4. The summed E-state index contributed by atoms with van der Waals surface area (Å²) in [6.07, 6.45) is 48.0. The summed E-state index contributed by atoms with van der Waals surface area (Å²) >= 11 is 0. The van der Waals surface area contributed by atoms with Crippen LogP contribution in [0.1, 0.15) is 218 Å². The molecule has 78 heavy (non-hydrogen) atoms. The highest BCUT2D eigenvalue weighted by Crippen LogP contribution is 2.27. The van der Waals surface area contributed by atoms with Crippen molar-refractivity contribution >= 4 is 0 Å². The molecule has 0 fully saturated rings. The van der Waals surface area contributed by atoms with Gasteiger partial charge in [0.1, 0.15) is 23.0 Å². The van der Waals surface area contributed by atoms with Gasteiger partial charge in [-0.1, -0.05) is 192 Å². The van der Waals surface area contributed by atoms with Crippen LogP contribution in [0.3, 0.4) is 0 Å². The summed E-state index contributed by atoms with van der Waals surface area (Å²) < 4.78 is 24.2. The minimum atomic E-state index is 0.765. The molecule has 0 saturated heterocycles. The van der Waals surface area contributed by atoms with Crippen LogP contribution in [-0.4, -0.2) is 46.4 Å². The van der Waals surface area contributed by atoms with Gasteiger partial charge in [0, 0.05) is 35.9 Å². The zero-order chi connectivity index (χ0) is 54.2. The molecule has 6 rings (SSSR count). The summed E-state index contributed by atoms with van der Waals surface area (Å²) in [5.41, 5.74) is 6.91. The molecule has 0 aliphatic carbocycles. The largest absolute Gasteiger partial charge is 0.494 e. The van der Waals surface area contributed by atoms with Crippen LogP contribution in [0, 0.1) is 0 Å². The molecule has 0 amide bonds. The molecule has 8 heteroatoms. The quantitative estimate of drug-likeness (QED) is 0.0350. The highest BCUT2D eigenvalue weighted by Gasteiger charge is 2.07. The van der Waals surface area contributed by atoms with Crippen LogP contribution in [0.5, 0.6) is 23.0 Å². The van der Waals surface area contributed by atoms with Gasteiger partial charge in [-0.3, -0.25) is 0 Å². The number of nitrogens with zero attached hydrogens (tertiary/aromatic N) is 4. The smallest absolute Gasteiger partial charge is 0.159 e. The van der Waals surface area contributed by atoms with Crippen LogP contribution in [-0.2, 0) is 12.8 Å². The predicted molar refractivity (Wildman–Crippen MR) is 326 cm³/mol. The van der Waals surface area contributed by atoms with Crippen LogP contribution in [0.15, 0.2) is 122 Å². The Kier molecular flexibility index (Phi) is 31.2. The Balaban J connectivity index is 0.679. The van der Waals surface area contributed by atoms with E-state index >= 15 is 0 Å². The SMILES string of the molecule is CCCCCCCCc1cnc(-c2ccc(OCCCCCCCCCCCOc3ccc(-c4ccc(OCCCCCCCCCCCOc5ccc(-c6ncc(CCCCCCCC)cn6)cc5)cc4)cc3)cc2)nc1. The van der Waals surface area contributed by atoms with E-state index in [1.54, 1.807) is 0 Å². The lowest BCUT2D eigenvalue weighted by Gasteiger charge is -2.09. The van der Waals surface area contributed by atoms with Crippen molar-refractivity contribution in [3.05, 3.63) is 133 Å². The third-order valence-corrected chi connectivity index (χ3v) is 15.0. The first-order valence-electron chi connectivity index (χ1n) is 31.2. The first kappa shape index (κ1) is 61.5. The first-order valence-corrected chi connectivity index (χ1v) is 31.2. The third kappa shape index (κ3) is 25.8. The number of ether oxygens (including phenoxy) is 4. The molecule has 422 valence electrons. The molecule has 0 unspecified atom stereocenters. The number of hydrogen-bond donors (Lipinski definition) is 0. The van der Waals surface area contributed by atoms with Gasteiger partial charge in [0.2, 0.25) is 0 Å². The zero-order valence-corrected chi connectivity index (χ0v) is 48.4. The Labute approximate surface area is 472 Å². The molecule has 0 N–H and O–H groups in total. The van der Waals surface area contributed by atoms with Crippen molar-refractivity contribution < 1.29 is 18.9 Å². The normalized spacial score (nSPS) is 11.3. The summed E-state index contributed by atoms with van der Waals surface area (Å²) in [7, 11) is 0. The highest BCUT2D eigenvalue weighted by atomic mass is 16.5. The minimum absolute atomic E-state index is 0.765. The van der Waals surface area contributed by atoms with Crippen LogP contribution >= 0.6 is 0 Å². The molecule has 6 aromatic rings. The van der Waals surface area contributed by atoms with E-state index in [2.05, 4.69) is 107 Å². The van der Waals surface area contributed by atoms with Gasteiger partial charge in [0.25, 0.3) is 0 Å². The number of aromatic nitrogens is 4. The van der Waals surface area contributed by atoms with Gasteiger partial charge in [-0.25, -0.2) is 19.9 Å². The number of unbranched alkanes of at least 4 members (excludes halogenated alkanes) is 26. The molecule has 4 aromatic carbocycles. The average Bonchev–Trinajstić information content (AvgIpc) is 3.50. The molecule has 0 bridgehead atoms. The molecule has 0 aliphatic heterocycles. The van der Waals surface area contributed by atoms with Crippen LogP contribution < -0.4 is 18.9 Å².